The van der Waals surface area contributed by atoms with Gasteiger partial charge in [0.15, 0.2) is 0 Å². The van der Waals surface area contributed by atoms with E-state index < -0.39 is 16.5 Å². The number of halogens is 4. The summed E-state index contributed by atoms with van der Waals surface area (Å²) in [5.41, 5.74) is 0.833. The molecule has 1 nitrogen and oxygen atoms in total. The predicted octanol–water partition coefficient (Wildman–Crippen LogP) is 5.11. The van der Waals surface area contributed by atoms with Crippen LogP contribution in [-0.4, -0.2) is 7.11 Å². The Bertz CT molecular complexity index is 604. The molecule has 0 N–H and O–H groups in total. The maximum atomic E-state index is 13.8. The number of alkyl halides is 1. The molecule has 0 heterocycles. The van der Waals surface area contributed by atoms with Crippen LogP contribution in [-0.2, 0) is 0 Å². The highest BCUT2D eigenvalue weighted by Gasteiger charge is 2.19. The van der Waals surface area contributed by atoms with Gasteiger partial charge in [0.2, 0.25) is 0 Å². The van der Waals surface area contributed by atoms with Crippen molar-refractivity contribution in [1.29, 1.82) is 0 Å². The smallest absolute Gasteiger partial charge is 0.127 e. The van der Waals surface area contributed by atoms with Crippen LogP contribution >= 0.6 is 27.5 Å². The van der Waals surface area contributed by atoms with Crippen LogP contribution in [0.25, 0.3) is 0 Å². The van der Waals surface area contributed by atoms with Crippen LogP contribution in [0.2, 0.25) is 5.02 Å². The van der Waals surface area contributed by atoms with Crippen LogP contribution in [0.4, 0.5) is 8.78 Å². The number of benzene rings is 2. The zero-order valence-corrected chi connectivity index (χ0v) is 12.3. The molecule has 0 fully saturated rings. The van der Waals surface area contributed by atoms with Gasteiger partial charge in [0.25, 0.3) is 0 Å². The van der Waals surface area contributed by atoms with Crippen LogP contribution in [0.3, 0.4) is 0 Å². The fraction of sp³-hybridized carbons (Fsp3) is 0.143. The summed E-state index contributed by atoms with van der Waals surface area (Å²) in [5.74, 6) is -0.358. The molecule has 0 radical (unpaired) electrons. The average molecular weight is 348 g/mol. The van der Waals surface area contributed by atoms with Gasteiger partial charge >= 0.3 is 0 Å². The molecule has 0 aliphatic carbocycles. The van der Waals surface area contributed by atoms with Crippen LogP contribution in [0, 0.1) is 11.6 Å². The van der Waals surface area contributed by atoms with Gasteiger partial charge < -0.3 is 4.74 Å². The van der Waals surface area contributed by atoms with Crippen LogP contribution in [0.15, 0.2) is 36.4 Å². The molecule has 0 bridgehead atoms. The van der Waals surface area contributed by atoms with Gasteiger partial charge in [0.05, 0.1) is 11.9 Å². The largest absolute Gasteiger partial charge is 0.496 e. The van der Waals surface area contributed by atoms with E-state index in [-0.39, 0.29) is 0 Å². The third-order valence-electron chi connectivity index (χ3n) is 2.70. The van der Waals surface area contributed by atoms with Gasteiger partial charge in [-0.05, 0) is 36.4 Å². The van der Waals surface area contributed by atoms with Gasteiger partial charge in [-0.25, -0.2) is 8.78 Å². The number of hydrogen-bond donors (Lipinski definition) is 0. The van der Waals surface area contributed by atoms with Crippen molar-refractivity contribution in [3.05, 3.63) is 64.2 Å². The van der Waals surface area contributed by atoms with Crippen molar-refractivity contribution in [2.24, 2.45) is 0 Å². The molecule has 0 aliphatic heterocycles. The van der Waals surface area contributed by atoms with E-state index in [9.17, 15) is 8.78 Å². The van der Waals surface area contributed by atoms with E-state index in [4.69, 9.17) is 16.3 Å². The fourth-order valence-electron chi connectivity index (χ4n) is 1.78. The van der Waals surface area contributed by atoms with Crippen molar-refractivity contribution in [2.75, 3.05) is 7.11 Å². The third kappa shape index (κ3) is 3.07. The SMILES string of the molecule is COc1ccc(F)cc1C(Br)c1cc(Cl)ccc1F. The fourth-order valence-corrected chi connectivity index (χ4v) is 2.67. The number of hydrogen-bond acceptors (Lipinski definition) is 1. The van der Waals surface area contributed by atoms with E-state index in [0.29, 0.717) is 21.9 Å². The second kappa shape index (κ2) is 5.88. The summed E-state index contributed by atoms with van der Waals surface area (Å²) in [7, 11) is 1.48. The summed E-state index contributed by atoms with van der Waals surface area (Å²) in [6.07, 6.45) is 0. The van der Waals surface area contributed by atoms with E-state index in [0.717, 1.165) is 0 Å². The van der Waals surface area contributed by atoms with Crippen molar-refractivity contribution >= 4 is 27.5 Å². The quantitative estimate of drug-likeness (QED) is 0.701. The Hall–Kier alpha value is -1.13. The molecule has 0 spiro atoms. The molecule has 19 heavy (non-hydrogen) atoms. The number of ether oxygens (including phenoxy) is 1. The van der Waals surface area contributed by atoms with E-state index in [1.54, 1.807) is 0 Å². The molecule has 0 aromatic heterocycles. The third-order valence-corrected chi connectivity index (χ3v) is 3.92. The average Bonchev–Trinajstić information content (AvgIpc) is 2.40. The molecule has 5 heteroatoms. The van der Waals surface area contributed by atoms with Gasteiger partial charge in [-0.1, -0.05) is 27.5 Å². The lowest BCUT2D eigenvalue weighted by Gasteiger charge is -2.15. The first-order valence-corrected chi connectivity index (χ1v) is 6.74. The monoisotopic (exact) mass is 346 g/mol. The first-order chi connectivity index (χ1) is 9.02. The highest BCUT2D eigenvalue weighted by molar-refractivity contribution is 9.09. The first kappa shape index (κ1) is 14.3. The van der Waals surface area contributed by atoms with E-state index in [1.807, 2.05) is 0 Å². The van der Waals surface area contributed by atoms with Crippen LogP contribution in [0.1, 0.15) is 16.0 Å². The molecule has 2 aromatic rings. The predicted molar refractivity (Wildman–Crippen MR) is 75.1 cm³/mol. The lowest BCUT2D eigenvalue weighted by Crippen LogP contribution is -2.00. The van der Waals surface area contributed by atoms with Crippen molar-refractivity contribution in [3.8, 4) is 5.75 Å². The lowest BCUT2D eigenvalue weighted by molar-refractivity contribution is 0.409. The van der Waals surface area contributed by atoms with Crippen molar-refractivity contribution in [2.45, 2.75) is 4.83 Å². The molecule has 0 saturated carbocycles. The van der Waals surface area contributed by atoms with Crippen molar-refractivity contribution in [3.63, 3.8) is 0 Å². The van der Waals surface area contributed by atoms with Gasteiger partial charge in [-0.15, -0.1) is 0 Å². The molecular weight excluding hydrogens is 338 g/mol. The lowest BCUT2D eigenvalue weighted by atomic mass is 10.0. The molecule has 0 saturated heterocycles. The summed E-state index contributed by atoms with van der Waals surface area (Å²) in [6.45, 7) is 0. The minimum atomic E-state index is -0.545. The second-order valence-electron chi connectivity index (χ2n) is 3.91. The summed E-state index contributed by atoms with van der Waals surface area (Å²) in [6, 6.07) is 8.33. The molecule has 0 amide bonds. The van der Waals surface area contributed by atoms with Gasteiger partial charge in [0.1, 0.15) is 17.4 Å². The first-order valence-electron chi connectivity index (χ1n) is 5.45. The van der Waals surface area contributed by atoms with Crippen molar-refractivity contribution in [1.82, 2.24) is 0 Å². The topological polar surface area (TPSA) is 9.23 Å². The Morgan fingerprint density at radius 2 is 1.84 bits per heavy atom. The van der Waals surface area contributed by atoms with Gasteiger partial charge in [-0.2, -0.15) is 0 Å². The Labute approximate surface area is 123 Å². The van der Waals surface area contributed by atoms with Gasteiger partial charge in [-0.3, -0.25) is 0 Å². The Morgan fingerprint density at radius 1 is 1.11 bits per heavy atom. The van der Waals surface area contributed by atoms with Crippen LogP contribution in [0.5, 0.6) is 5.75 Å². The highest BCUT2D eigenvalue weighted by Crippen LogP contribution is 2.38. The molecule has 1 atom stereocenters. The summed E-state index contributed by atoms with van der Waals surface area (Å²) >= 11 is 9.22. The Morgan fingerprint density at radius 3 is 2.53 bits per heavy atom. The minimum absolute atomic E-state index is 0.330. The van der Waals surface area contributed by atoms with Gasteiger partial charge in [0, 0.05) is 16.1 Å². The maximum Gasteiger partial charge on any atom is 0.127 e. The number of methoxy groups -OCH3 is 1. The highest BCUT2D eigenvalue weighted by atomic mass is 79.9. The molecule has 2 rings (SSSR count). The normalized spacial score (nSPS) is 12.3. The van der Waals surface area contributed by atoms with E-state index in [1.165, 1.54) is 43.5 Å². The molecule has 2 aromatic carbocycles. The van der Waals surface area contributed by atoms with E-state index in [2.05, 4.69) is 15.9 Å². The van der Waals surface area contributed by atoms with E-state index >= 15 is 0 Å². The van der Waals surface area contributed by atoms with Crippen molar-refractivity contribution < 1.29 is 13.5 Å². The number of rotatable bonds is 3. The molecule has 0 aliphatic rings. The standard InChI is InChI=1S/C14H10BrClF2O/c1-19-13-5-3-9(17)7-11(13)14(15)10-6-8(16)2-4-12(10)18/h2-7,14H,1H3. The summed E-state index contributed by atoms with van der Waals surface area (Å²) in [4.78, 5) is -0.545. The molecular formula is C14H10BrClF2O. The minimum Gasteiger partial charge on any atom is -0.496 e. The zero-order valence-electron chi connectivity index (χ0n) is 9.96. The molecule has 1 unspecified atom stereocenters. The summed E-state index contributed by atoms with van der Waals surface area (Å²) < 4.78 is 32.3. The Balaban J connectivity index is 2.51. The maximum absolute atomic E-state index is 13.8. The Kier molecular flexibility index (Phi) is 4.42. The second-order valence-corrected chi connectivity index (χ2v) is 5.27. The van der Waals surface area contributed by atoms with Crippen LogP contribution < -0.4 is 4.74 Å². The molecule has 100 valence electrons. The summed E-state index contributed by atoms with van der Waals surface area (Å²) in [5, 5.41) is 0.413. The zero-order chi connectivity index (χ0) is 14.0.